The molecular weight excluding hydrogens is 290 g/mol. The Morgan fingerprint density at radius 1 is 1.30 bits per heavy atom. The summed E-state index contributed by atoms with van der Waals surface area (Å²) in [6, 6.07) is 9.80. The molecule has 4 rings (SSSR count). The Balaban J connectivity index is 1.83. The molecule has 116 valence electrons. The number of carbonyl (C=O) groups is 1. The number of aryl methyl sites for hydroxylation is 1. The van der Waals surface area contributed by atoms with Crippen LogP contribution >= 0.6 is 0 Å². The Morgan fingerprint density at radius 2 is 2.13 bits per heavy atom. The summed E-state index contributed by atoms with van der Waals surface area (Å²) in [4.78, 5) is 16.7. The highest BCUT2D eigenvalue weighted by Gasteiger charge is 2.32. The van der Waals surface area contributed by atoms with Crippen LogP contribution in [0, 0.1) is 0 Å². The van der Waals surface area contributed by atoms with Crippen molar-refractivity contribution in [3.8, 4) is 5.69 Å². The molecule has 1 N–H and O–H groups in total. The van der Waals surface area contributed by atoms with Gasteiger partial charge in [-0.25, -0.2) is 9.67 Å². The minimum Gasteiger partial charge on any atom is -0.335 e. The van der Waals surface area contributed by atoms with Crippen LogP contribution in [-0.2, 0) is 11.3 Å². The van der Waals surface area contributed by atoms with Gasteiger partial charge in [0.15, 0.2) is 0 Å². The molecule has 3 heterocycles. The van der Waals surface area contributed by atoms with Crippen molar-refractivity contribution in [2.75, 3.05) is 5.32 Å². The molecule has 0 saturated heterocycles. The molecule has 0 radical (unpaired) electrons. The number of carbonyl (C=O) groups excluding carboxylic acids is 1. The molecule has 23 heavy (non-hydrogen) atoms. The van der Waals surface area contributed by atoms with E-state index in [9.17, 15) is 4.79 Å². The normalized spacial score (nSPS) is 16.9. The van der Waals surface area contributed by atoms with Crippen molar-refractivity contribution in [2.45, 2.75) is 25.8 Å². The number of hydrogen-bond donors (Lipinski definition) is 1. The summed E-state index contributed by atoms with van der Waals surface area (Å²) < 4.78 is 3.85. The van der Waals surface area contributed by atoms with Crippen LogP contribution in [0.3, 0.4) is 0 Å². The van der Waals surface area contributed by atoms with Gasteiger partial charge in [0.25, 0.3) is 0 Å². The van der Waals surface area contributed by atoms with Crippen LogP contribution < -0.4 is 5.32 Å². The van der Waals surface area contributed by atoms with Gasteiger partial charge in [-0.1, -0.05) is 18.2 Å². The van der Waals surface area contributed by atoms with Crippen molar-refractivity contribution in [2.24, 2.45) is 0 Å². The number of nitrogens with zero attached hydrogens (tertiary/aromatic N) is 4. The highest BCUT2D eigenvalue weighted by atomic mass is 16.1. The first-order valence-corrected chi connectivity index (χ1v) is 7.72. The number of rotatable bonds is 3. The van der Waals surface area contributed by atoms with Crippen molar-refractivity contribution >= 4 is 11.7 Å². The zero-order chi connectivity index (χ0) is 15.8. The number of anilines is 1. The number of hydrogen-bond acceptors (Lipinski definition) is 3. The van der Waals surface area contributed by atoms with Crippen molar-refractivity contribution < 1.29 is 4.79 Å². The Bertz CT molecular complexity index is 849. The van der Waals surface area contributed by atoms with E-state index in [1.54, 1.807) is 10.9 Å². The molecule has 6 nitrogen and oxygen atoms in total. The second-order valence-electron chi connectivity index (χ2n) is 5.57. The second-order valence-corrected chi connectivity index (χ2v) is 5.57. The Hall–Kier alpha value is -2.89. The minimum absolute atomic E-state index is 0.00849. The lowest BCUT2D eigenvalue weighted by Crippen LogP contribution is -2.26. The summed E-state index contributed by atoms with van der Waals surface area (Å²) in [6.07, 6.45) is 5.96. The number of amides is 1. The molecule has 0 aliphatic carbocycles. The molecule has 0 saturated carbocycles. The van der Waals surface area contributed by atoms with Gasteiger partial charge in [-0.2, -0.15) is 5.10 Å². The van der Waals surface area contributed by atoms with Crippen molar-refractivity contribution in [3.05, 3.63) is 60.3 Å². The van der Waals surface area contributed by atoms with Gasteiger partial charge in [-0.15, -0.1) is 0 Å². The fourth-order valence-corrected chi connectivity index (χ4v) is 3.11. The summed E-state index contributed by atoms with van der Waals surface area (Å²) in [5.41, 5.74) is 1.93. The second kappa shape index (κ2) is 5.39. The molecule has 1 aromatic carbocycles. The van der Waals surface area contributed by atoms with Gasteiger partial charge in [-0.3, -0.25) is 4.79 Å². The van der Waals surface area contributed by atoms with Gasteiger partial charge in [0.05, 0.1) is 17.8 Å². The van der Waals surface area contributed by atoms with E-state index in [1.165, 1.54) is 0 Å². The van der Waals surface area contributed by atoms with E-state index in [4.69, 9.17) is 0 Å². The predicted octanol–water partition coefficient (Wildman–Crippen LogP) is 2.56. The Labute approximate surface area is 133 Å². The van der Waals surface area contributed by atoms with E-state index in [1.807, 2.05) is 42.7 Å². The summed E-state index contributed by atoms with van der Waals surface area (Å²) in [6.45, 7) is 2.90. The van der Waals surface area contributed by atoms with Gasteiger partial charge >= 0.3 is 0 Å². The topological polar surface area (TPSA) is 64.7 Å². The van der Waals surface area contributed by atoms with Gasteiger partial charge in [0.2, 0.25) is 5.91 Å². The molecule has 1 aliphatic heterocycles. The summed E-state index contributed by atoms with van der Waals surface area (Å²) in [5.74, 6) is 1.58. The van der Waals surface area contributed by atoms with Gasteiger partial charge in [0.1, 0.15) is 11.6 Å². The highest BCUT2D eigenvalue weighted by molar-refractivity contribution is 5.94. The van der Waals surface area contributed by atoms with E-state index < -0.39 is 0 Å². The first-order valence-electron chi connectivity index (χ1n) is 7.72. The van der Waals surface area contributed by atoms with Crippen molar-refractivity contribution in [1.29, 1.82) is 0 Å². The van der Waals surface area contributed by atoms with Crippen molar-refractivity contribution in [1.82, 2.24) is 19.3 Å². The average Bonchev–Trinajstić information content (AvgIpc) is 3.21. The molecular formula is C17H17N5O. The van der Waals surface area contributed by atoms with Crippen LogP contribution in [0.2, 0.25) is 0 Å². The maximum atomic E-state index is 12.2. The molecule has 0 fully saturated rings. The zero-order valence-corrected chi connectivity index (χ0v) is 12.8. The monoisotopic (exact) mass is 307 g/mol. The maximum absolute atomic E-state index is 12.2. The molecule has 0 spiro atoms. The third-order valence-corrected chi connectivity index (χ3v) is 4.22. The van der Waals surface area contributed by atoms with E-state index in [-0.39, 0.29) is 11.8 Å². The number of benzene rings is 1. The molecule has 1 unspecified atom stereocenters. The van der Waals surface area contributed by atoms with E-state index in [0.29, 0.717) is 6.42 Å². The molecule has 0 bridgehead atoms. The third kappa shape index (κ3) is 2.23. The van der Waals surface area contributed by atoms with Crippen LogP contribution in [0.25, 0.3) is 5.69 Å². The molecule has 1 aliphatic rings. The standard InChI is InChI=1S/C17H17N5O/c1-2-21-9-8-18-16(21)13-10-15(23)20-17-14(13)11-19-22(17)12-6-4-3-5-7-12/h3-9,11,13H,2,10H2,1H3,(H,20,23). The Kier molecular flexibility index (Phi) is 3.22. The van der Waals surface area contributed by atoms with Gasteiger partial charge in [-0.05, 0) is 19.1 Å². The average molecular weight is 307 g/mol. The van der Waals surface area contributed by atoms with E-state index in [2.05, 4.69) is 26.9 Å². The lowest BCUT2D eigenvalue weighted by molar-refractivity contribution is -0.116. The lowest BCUT2D eigenvalue weighted by atomic mass is 9.93. The highest BCUT2D eigenvalue weighted by Crippen LogP contribution is 2.37. The third-order valence-electron chi connectivity index (χ3n) is 4.22. The SMILES string of the molecule is CCn1ccnc1C1CC(=O)Nc2c1cnn2-c1ccccc1. The molecule has 3 aromatic rings. The maximum Gasteiger partial charge on any atom is 0.226 e. The summed E-state index contributed by atoms with van der Waals surface area (Å²) >= 11 is 0. The predicted molar refractivity (Wildman–Crippen MR) is 86.6 cm³/mol. The minimum atomic E-state index is -0.0637. The van der Waals surface area contributed by atoms with Gasteiger partial charge in [0, 0.05) is 30.9 Å². The first-order chi connectivity index (χ1) is 11.3. The number of imidazole rings is 1. The number of fused-ring (bicyclic) bond motifs is 1. The molecule has 2 aromatic heterocycles. The Morgan fingerprint density at radius 3 is 2.91 bits per heavy atom. The summed E-state index contributed by atoms with van der Waals surface area (Å²) in [5, 5.41) is 7.44. The fraction of sp³-hybridized carbons (Fsp3) is 0.235. The number of nitrogens with one attached hydrogen (secondary N) is 1. The van der Waals surface area contributed by atoms with Crippen LogP contribution in [0.15, 0.2) is 48.9 Å². The van der Waals surface area contributed by atoms with Crippen LogP contribution in [0.1, 0.15) is 30.7 Å². The first kappa shape index (κ1) is 13.8. The van der Waals surface area contributed by atoms with Crippen LogP contribution in [-0.4, -0.2) is 25.2 Å². The lowest BCUT2D eigenvalue weighted by Gasteiger charge is -2.23. The van der Waals surface area contributed by atoms with Crippen LogP contribution in [0.5, 0.6) is 0 Å². The van der Waals surface area contributed by atoms with E-state index >= 15 is 0 Å². The van der Waals surface area contributed by atoms with Gasteiger partial charge < -0.3 is 9.88 Å². The molecule has 6 heteroatoms. The largest absolute Gasteiger partial charge is 0.335 e. The smallest absolute Gasteiger partial charge is 0.226 e. The quantitative estimate of drug-likeness (QED) is 0.809. The van der Waals surface area contributed by atoms with Crippen LogP contribution in [0.4, 0.5) is 5.82 Å². The number of para-hydroxylation sites is 1. The molecule has 1 atom stereocenters. The van der Waals surface area contributed by atoms with E-state index in [0.717, 1.165) is 29.4 Å². The zero-order valence-electron chi connectivity index (χ0n) is 12.8. The number of aromatic nitrogens is 4. The summed E-state index contributed by atoms with van der Waals surface area (Å²) in [7, 11) is 0. The molecule has 1 amide bonds. The fourth-order valence-electron chi connectivity index (χ4n) is 3.11. The van der Waals surface area contributed by atoms with Crippen molar-refractivity contribution in [3.63, 3.8) is 0 Å².